The van der Waals surface area contributed by atoms with Crippen LogP contribution in [0.1, 0.15) is 72.6 Å². The molecule has 0 aromatic rings. The highest BCUT2D eigenvalue weighted by atomic mass is 16.5. The van der Waals surface area contributed by atoms with Gasteiger partial charge in [-0.1, -0.05) is 32.1 Å². The molecule has 4 atom stereocenters. The van der Waals surface area contributed by atoms with Crippen molar-refractivity contribution >= 4 is 17.8 Å². The topological polar surface area (TPSA) is 81.7 Å². The quantitative estimate of drug-likeness (QED) is 0.756. The van der Waals surface area contributed by atoms with Crippen molar-refractivity contribution in [3.8, 4) is 0 Å². The second-order valence-electron chi connectivity index (χ2n) is 8.17. The molecule has 148 valence electrons. The molecular formula is C20H33NO5. The Labute approximate surface area is 156 Å². The fourth-order valence-electron chi connectivity index (χ4n) is 5.07. The van der Waals surface area contributed by atoms with Crippen molar-refractivity contribution in [1.29, 1.82) is 0 Å². The monoisotopic (exact) mass is 367 g/mol. The SMILES string of the molecule is CC(=O)N[C@@]1(C)[C@@H](COC(C)=O)C[C@@H](OC(C)=O)C[C@H]1C1CCCCC1. The van der Waals surface area contributed by atoms with Gasteiger partial charge in [0.1, 0.15) is 6.10 Å². The first-order chi connectivity index (χ1) is 12.2. The van der Waals surface area contributed by atoms with E-state index in [1.807, 2.05) is 0 Å². The first-order valence-electron chi connectivity index (χ1n) is 9.81. The molecule has 6 nitrogen and oxygen atoms in total. The minimum atomic E-state index is -0.472. The molecule has 0 bridgehead atoms. The van der Waals surface area contributed by atoms with Crippen molar-refractivity contribution in [1.82, 2.24) is 5.32 Å². The van der Waals surface area contributed by atoms with E-state index in [2.05, 4.69) is 12.2 Å². The summed E-state index contributed by atoms with van der Waals surface area (Å²) in [5.74, 6) is -0.0951. The van der Waals surface area contributed by atoms with Gasteiger partial charge in [-0.05, 0) is 31.6 Å². The molecule has 0 aromatic carbocycles. The van der Waals surface area contributed by atoms with Crippen LogP contribution < -0.4 is 5.32 Å². The van der Waals surface area contributed by atoms with Crippen molar-refractivity contribution in [3.63, 3.8) is 0 Å². The van der Waals surface area contributed by atoms with Gasteiger partial charge >= 0.3 is 11.9 Å². The zero-order valence-electron chi connectivity index (χ0n) is 16.5. The molecule has 2 aliphatic rings. The van der Waals surface area contributed by atoms with Crippen LogP contribution in [-0.4, -0.2) is 36.1 Å². The van der Waals surface area contributed by atoms with E-state index in [0.717, 1.165) is 19.3 Å². The lowest BCUT2D eigenvalue weighted by molar-refractivity contribution is -0.159. The zero-order valence-corrected chi connectivity index (χ0v) is 16.5. The third-order valence-corrected chi connectivity index (χ3v) is 6.17. The van der Waals surface area contributed by atoms with Gasteiger partial charge in [-0.3, -0.25) is 14.4 Å². The Hall–Kier alpha value is -1.59. The Balaban J connectivity index is 2.30. The van der Waals surface area contributed by atoms with Crippen LogP contribution in [0.15, 0.2) is 0 Å². The zero-order chi connectivity index (χ0) is 19.3. The summed E-state index contributed by atoms with van der Waals surface area (Å²) >= 11 is 0. The van der Waals surface area contributed by atoms with Gasteiger partial charge < -0.3 is 14.8 Å². The number of nitrogens with one attached hydrogen (secondary N) is 1. The molecule has 6 heteroatoms. The van der Waals surface area contributed by atoms with Crippen LogP contribution in [0.2, 0.25) is 0 Å². The van der Waals surface area contributed by atoms with Crippen LogP contribution in [0.5, 0.6) is 0 Å². The van der Waals surface area contributed by atoms with Gasteiger partial charge in [0.05, 0.1) is 6.61 Å². The Kier molecular flexibility index (Phi) is 7.07. The smallest absolute Gasteiger partial charge is 0.302 e. The molecule has 0 aromatic heterocycles. The molecule has 0 aliphatic heterocycles. The summed E-state index contributed by atoms with van der Waals surface area (Å²) in [5.41, 5.74) is -0.472. The summed E-state index contributed by atoms with van der Waals surface area (Å²) in [6.07, 6.45) is 7.06. The number of hydrogen-bond donors (Lipinski definition) is 1. The first kappa shape index (κ1) is 20.7. The van der Waals surface area contributed by atoms with Gasteiger partial charge in [-0.15, -0.1) is 0 Å². The van der Waals surface area contributed by atoms with Crippen molar-refractivity contribution in [2.24, 2.45) is 17.8 Å². The summed E-state index contributed by atoms with van der Waals surface area (Å²) in [5, 5.41) is 3.18. The fourth-order valence-corrected chi connectivity index (χ4v) is 5.07. The van der Waals surface area contributed by atoms with Gasteiger partial charge in [0.2, 0.25) is 5.91 Å². The Bertz CT molecular complexity index is 528. The van der Waals surface area contributed by atoms with E-state index in [1.54, 1.807) is 0 Å². The van der Waals surface area contributed by atoms with E-state index < -0.39 is 5.54 Å². The van der Waals surface area contributed by atoms with E-state index in [9.17, 15) is 14.4 Å². The third-order valence-electron chi connectivity index (χ3n) is 6.17. The number of carbonyl (C=O) groups excluding carboxylic acids is 3. The van der Waals surface area contributed by atoms with Crippen LogP contribution in [0.4, 0.5) is 0 Å². The molecule has 1 amide bonds. The molecule has 2 saturated carbocycles. The summed E-state index contributed by atoms with van der Waals surface area (Å²) in [6, 6.07) is 0. The highest BCUT2D eigenvalue weighted by molar-refractivity contribution is 5.74. The second kappa shape index (κ2) is 8.87. The lowest BCUT2D eigenvalue weighted by Gasteiger charge is -2.52. The van der Waals surface area contributed by atoms with E-state index in [-0.39, 0.29) is 42.4 Å². The van der Waals surface area contributed by atoms with Gasteiger partial charge in [0.15, 0.2) is 0 Å². The normalized spacial score (nSPS) is 32.5. The van der Waals surface area contributed by atoms with E-state index in [0.29, 0.717) is 12.3 Å². The Morgan fingerprint density at radius 2 is 1.65 bits per heavy atom. The highest BCUT2D eigenvalue weighted by Crippen LogP contribution is 2.47. The number of amides is 1. The van der Waals surface area contributed by atoms with Crippen LogP contribution >= 0.6 is 0 Å². The number of ether oxygens (including phenoxy) is 2. The minimum Gasteiger partial charge on any atom is -0.465 e. The predicted octanol–water partition coefficient (Wildman–Crippen LogP) is 2.98. The van der Waals surface area contributed by atoms with Gasteiger partial charge in [-0.25, -0.2) is 0 Å². The molecule has 2 rings (SSSR count). The Morgan fingerprint density at radius 3 is 2.19 bits per heavy atom. The highest BCUT2D eigenvalue weighted by Gasteiger charge is 2.51. The molecule has 0 saturated heterocycles. The maximum atomic E-state index is 12.0. The van der Waals surface area contributed by atoms with Crippen molar-refractivity contribution in [3.05, 3.63) is 0 Å². The number of esters is 2. The lowest BCUT2D eigenvalue weighted by Crippen LogP contribution is -2.63. The van der Waals surface area contributed by atoms with Gasteiger partial charge in [0, 0.05) is 32.2 Å². The number of rotatable bonds is 5. The first-order valence-corrected chi connectivity index (χ1v) is 9.81. The molecule has 2 aliphatic carbocycles. The number of carbonyl (C=O) groups is 3. The maximum absolute atomic E-state index is 12.0. The molecule has 0 radical (unpaired) electrons. The van der Waals surface area contributed by atoms with E-state index in [1.165, 1.54) is 40.0 Å². The second-order valence-corrected chi connectivity index (χ2v) is 8.17. The molecule has 26 heavy (non-hydrogen) atoms. The average Bonchev–Trinajstić information content (AvgIpc) is 2.54. The molecular weight excluding hydrogens is 334 g/mol. The van der Waals surface area contributed by atoms with Crippen LogP contribution in [0.25, 0.3) is 0 Å². The maximum Gasteiger partial charge on any atom is 0.302 e. The third kappa shape index (κ3) is 5.21. The van der Waals surface area contributed by atoms with Crippen LogP contribution in [-0.2, 0) is 23.9 Å². The predicted molar refractivity (Wildman–Crippen MR) is 97.2 cm³/mol. The van der Waals surface area contributed by atoms with Crippen molar-refractivity contribution in [2.75, 3.05) is 6.61 Å². The molecule has 0 unspecified atom stereocenters. The summed E-state index contributed by atoms with van der Waals surface area (Å²) < 4.78 is 10.9. The van der Waals surface area contributed by atoms with Gasteiger partial charge in [-0.2, -0.15) is 0 Å². The summed E-state index contributed by atoms with van der Waals surface area (Å²) in [6.45, 7) is 6.65. The molecule has 2 fully saturated rings. The molecule has 0 heterocycles. The summed E-state index contributed by atoms with van der Waals surface area (Å²) in [7, 11) is 0. The van der Waals surface area contributed by atoms with Gasteiger partial charge in [0.25, 0.3) is 0 Å². The largest absolute Gasteiger partial charge is 0.465 e. The Morgan fingerprint density at radius 1 is 1.00 bits per heavy atom. The summed E-state index contributed by atoms with van der Waals surface area (Å²) in [4.78, 5) is 34.9. The van der Waals surface area contributed by atoms with Crippen molar-refractivity contribution in [2.45, 2.75) is 84.3 Å². The van der Waals surface area contributed by atoms with Crippen molar-refractivity contribution < 1.29 is 23.9 Å². The molecule has 1 N–H and O–H groups in total. The fraction of sp³-hybridized carbons (Fsp3) is 0.850. The van der Waals surface area contributed by atoms with E-state index >= 15 is 0 Å². The van der Waals surface area contributed by atoms with Crippen LogP contribution in [0, 0.1) is 17.8 Å². The molecule has 0 spiro atoms. The lowest BCUT2D eigenvalue weighted by atomic mass is 9.59. The minimum absolute atomic E-state index is 0.0768. The van der Waals surface area contributed by atoms with Crippen LogP contribution in [0.3, 0.4) is 0 Å². The standard InChI is InChI=1S/C20H33NO5/c1-13(22)21-20(4)17(12-25-14(2)23)10-18(26-15(3)24)11-19(20)16-8-6-5-7-9-16/h16-19H,5-12H2,1-4H3,(H,21,22)/t17-,18-,19+,20+/m1/s1. The average molecular weight is 367 g/mol. The van der Waals surface area contributed by atoms with E-state index in [4.69, 9.17) is 9.47 Å². The number of hydrogen-bond acceptors (Lipinski definition) is 5.